The lowest BCUT2D eigenvalue weighted by Gasteiger charge is -2.28. The summed E-state index contributed by atoms with van der Waals surface area (Å²) < 4.78 is 4.85. The molecule has 144 valence electrons. The first-order chi connectivity index (χ1) is 13.6. The summed E-state index contributed by atoms with van der Waals surface area (Å²) in [6, 6.07) is 19.5. The molecule has 0 saturated heterocycles. The van der Waals surface area contributed by atoms with Crippen LogP contribution in [-0.4, -0.2) is 29.1 Å². The van der Waals surface area contributed by atoms with Crippen LogP contribution in [0, 0.1) is 0 Å². The molecule has 6 heteroatoms. The van der Waals surface area contributed by atoms with Crippen molar-refractivity contribution in [2.45, 2.75) is 26.4 Å². The average Bonchev–Trinajstić information content (AvgIpc) is 2.72. The van der Waals surface area contributed by atoms with Gasteiger partial charge in [0.05, 0.1) is 18.4 Å². The van der Waals surface area contributed by atoms with Crippen LogP contribution < -0.4 is 10.2 Å². The van der Waals surface area contributed by atoms with Crippen LogP contribution in [0.4, 0.5) is 17.5 Å². The molecule has 0 fully saturated rings. The third kappa shape index (κ3) is 4.65. The number of anilines is 3. The number of nitrogens with one attached hydrogen (secondary N) is 1. The molecular formula is C22H24N4O2. The molecule has 1 N–H and O–H groups in total. The maximum atomic E-state index is 12.0. The minimum Gasteiger partial charge on any atom is -0.465 e. The second-order valence-corrected chi connectivity index (χ2v) is 6.61. The second-order valence-electron chi connectivity index (χ2n) is 6.61. The summed E-state index contributed by atoms with van der Waals surface area (Å²) in [6.45, 7) is 5.00. The summed E-state index contributed by atoms with van der Waals surface area (Å²) in [5.74, 6) is 0.826. The van der Waals surface area contributed by atoms with Crippen molar-refractivity contribution in [2.75, 3.05) is 17.3 Å². The molecule has 0 bridgehead atoms. The quantitative estimate of drug-likeness (QED) is 0.616. The van der Waals surface area contributed by atoms with E-state index in [1.807, 2.05) is 30.3 Å². The van der Waals surface area contributed by atoms with E-state index in [0.717, 1.165) is 12.4 Å². The molecule has 0 unspecified atom stereocenters. The van der Waals surface area contributed by atoms with Gasteiger partial charge < -0.3 is 15.0 Å². The average molecular weight is 376 g/mol. The van der Waals surface area contributed by atoms with E-state index in [9.17, 15) is 4.79 Å². The Bertz CT molecular complexity index is 929. The second kappa shape index (κ2) is 8.99. The molecule has 0 radical (unpaired) electrons. The topological polar surface area (TPSA) is 67.3 Å². The van der Waals surface area contributed by atoms with Gasteiger partial charge in [-0.15, -0.1) is 0 Å². The molecule has 3 rings (SSSR count). The van der Waals surface area contributed by atoms with Gasteiger partial charge in [-0.05, 0) is 37.6 Å². The molecule has 0 aliphatic rings. The minimum atomic E-state index is -0.410. The summed E-state index contributed by atoms with van der Waals surface area (Å²) >= 11 is 0. The van der Waals surface area contributed by atoms with E-state index in [4.69, 9.17) is 4.74 Å². The molecule has 1 heterocycles. The number of carbonyl (C=O) groups excluding carboxylic acids is 1. The van der Waals surface area contributed by atoms with E-state index in [0.29, 0.717) is 17.2 Å². The Morgan fingerprint density at radius 3 is 2.50 bits per heavy atom. The number of hydrogen-bond acceptors (Lipinski definition) is 6. The molecule has 28 heavy (non-hydrogen) atoms. The van der Waals surface area contributed by atoms with Crippen molar-refractivity contribution in [3.63, 3.8) is 0 Å². The molecule has 0 aliphatic heterocycles. The Morgan fingerprint density at radius 1 is 1.07 bits per heavy atom. The van der Waals surface area contributed by atoms with E-state index in [-0.39, 0.29) is 6.04 Å². The predicted molar refractivity (Wildman–Crippen MR) is 111 cm³/mol. The minimum absolute atomic E-state index is 0.255. The summed E-state index contributed by atoms with van der Waals surface area (Å²) in [7, 11) is 1.36. The monoisotopic (exact) mass is 376 g/mol. The van der Waals surface area contributed by atoms with Crippen molar-refractivity contribution in [3.8, 4) is 0 Å². The molecule has 0 amide bonds. The summed E-state index contributed by atoms with van der Waals surface area (Å²) in [4.78, 5) is 23.2. The zero-order valence-corrected chi connectivity index (χ0v) is 16.3. The first kappa shape index (κ1) is 19.4. The van der Waals surface area contributed by atoms with E-state index in [1.54, 1.807) is 24.4 Å². The lowest BCUT2D eigenvalue weighted by atomic mass is 10.2. The smallest absolute Gasteiger partial charge is 0.339 e. The molecule has 1 aromatic heterocycles. The molecule has 0 atom stereocenters. The normalized spacial score (nSPS) is 10.6. The predicted octanol–water partition coefficient (Wildman–Crippen LogP) is 4.42. The zero-order chi connectivity index (χ0) is 19.9. The highest BCUT2D eigenvalue weighted by atomic mass is 16.5. The van der Waals surface area contributed by atoms with Crippen molar-refractivity contribution >= 4 is 23.4 Å². The standard InChI is InChI=1S/C22H24N4O2/c1-16(2)26(15-17-9-5-4-6-10-17)20-13-14-23-22(25-20)24-19-12-8-7-11-18(19)21(27)28-3/h4-14,16H,15H2,1-3H3,(H,23,24,25). The number of para-hydroxylation sites is 1. The fourth-order valence-electron chi connectivity index (χ4n) is 2.88. The summed E-state index contributed by atoms with van der Waals surface area (Å²) in [5.41, 5.74) is 2.25. The highest BCUT2D eigenvalue weighted by Gasteiger charge is 2.15. The van der Waals surface area contributed by atoms with Crippen LogP contribution in [0.5, 0.6) is 0 Å². The van der Waals surface area contributed by atoms with Gasteiger partial charge in [-0.3, -0.25) is 0 Å². The number of hydrogen-bond donors (Lipinski definition) is 1. The number of ether oxygens (including phenoxy) is 1. The Hall–Kier alpha value is -3.41. The van der Waals surface area contributed by atoms with Crippen molar-refractivity contribution in [1.82, 2.24) is 9.97 Å². The van der Waals surface area contributed by atoms with Crippen LogP contribution >= 0.6 is 0 Å². The molecular weight excluding hydrogens is 352 g/mol. The molecule has 0 aliphatic carbocycles. The number of aromatic nitrogens is 2. The van der Waals surface area contributed by atoms with E-state index in [1.165, 1.54) is 12.7 Å². The van der Waals surface area contributed by atoms with Crippen molar-refractivity contribution in [1.29, 1.82) is 0 Å². The Balaban J connectivity index is 1.86. The number of carbonyl (C=O) groups is 1. The van der Waals surface area contributed by atoms with E-state index < -0.39 is 5.97 Å². The maximum Gasteiger partial charge on any atom is 0.339 e. The Kier molecular flexibility index (Phi) is 6.22. The molecule has 6 nitrogen and oxygen atoms in total. The van der Waals surface area contributed by atoms with Crippen LogP contribution in [0.1, 0.15) is 29.8 Å². The van der Waals surface area contributed by atoms with Gasteiger partial charge >= 0.3 is 5.97 Å². The third-order valence-electron chi connectivity index (χ3n) is 4.33. The fraction of sp³-hybridized carbons (Fsp3) is 0.227. The van der Waals surface area contributed by atoms with Gasteiger partial charge in [-0.1, -0.05) is 42.5 Å². The molecule has 2 aromatic carbocycles. The van der Waals surface area contributed by atoms with Crippen molar-refractivity contribution in [2.24, 2.45) is 0 Å². The number of rotatable bonds is 7. The zero-order valence-electron chi connectivity index (χ0n) is 16.3. The lowest BCUT2D eigenvalue weighted by Crippen LogP contribution is -2.31. The fourth-order valence-corrected chi connectivity index (χ4v) is 2.88. The van der Waals surface area contributed by atoms with Crippen LogP contribution in [-0.2, 0) is 11.3 Å². The van der Waals surface area contributed by atoms with Crippen LogP contribution in [0.2, 0.25) is 0 Å². The SMILES string of the molecule is COC(=O)c1ccccc1Nc1nccc(N(Cc2ccccc2)C(C)C)n1. The summed E-state index contributed by atoms with van der Waals surface area (Å²) in [5, 5.41) is 3.14. The van der Waals surface area contributed by atoms with Gasteiger partial charge in [0.25, 0.3) is 0 Å². The van der Waals surface area contributed by atoms with Gasteiger partial charge in [0.15, 0.2) is 0 Å². The van der Waals surface area contributed by atoms with Crippen LogP contribution in [0.15, 0.2) is 66.9 Å². The molecule has 3 aromatic rings. The van der Waals surface area contributed by atoms with Gasteiger partial charge in [0.2, 0.25) is 5.95 Å². The number of nitrogens with zero attached hydrogens (tertiary/aromatic N) is 3. The van der Waals surface area contributed by atoms with Crippen molar-refractivity contribution < 1.29 is 9.53 Å². The van der Waals surface area contributed by atoms with Gasteiger partial charge in [0, 0.05) is 18.8 Å². The highest BCUT2D eigenvalue weighted by molar-refractivity contribution is 5.96. The summed E-state index contributed by atoms with van der Waals surface area (Å²) in [6.07, 6.45) is 1.71. The van der Waals surface area contributed by atoms with Crippen LogP contribution in [0.3, 0.4) is 0 Å². The first-order valence-corrected chi connectivity index (χ1v) is 9.16. The van der Waals surface area contributed by atoms with Gasteiger partial charge in [-0.25, -0.2) is 9.78 Å². The number of esters is 1. The van der Waals surface area contributed by atoms with E-state index in [2.05, 4.69) is 46.2 Å². The van der Waals surface area contributed by atoms with Crippen molar-refractivity contribution in [3.05, 3.63) is 78.0 Å². The first-order valence-electron chi connectivity index (χ1n) is 9.16. The highest BCUT2D eigenvalue weighted by Crippen LogP contribution is 2.22. The number of methoxy groups -OCH3 is 1. The third-order valence-corrected chi connectivity index (χ3v) is 4.33. The lowest BCUT2D eigenvalue weighted by molar-refractivity contribution is 0.0602. The molecule has 0 spiro atoms. The van der Waals surface area contributed by atoms with Crippen LogP contribution in [0.25, 0.3) is 0 Å². The Labute approximate surface area is 165 Å². The maximum absolute atomic E-state index is 12.0. The largest absolute Gasteiger partial charge is 0.465 e. The van der Waals surface area contributed by atoms with Gasteiger partial charge in [-0.2, -0.15) is 4.98 Å². The number of benzene rings is 2. The molecule has 0 saturated carbocycles. The Morgan fingerprint density at radius 2 is 1.79 bits per heavy atom. The van der Waals surface area contributed by atoms with E-state index >= 15 is 0 Å². The van der Waals surface area contributed by atoms with Gasteiger partial charge in [0.1, 0.15) is 5.82 Å².